The van der Waals surface area contributed by atoms with Gasteiger partial charge in [0.15, 0.2) is 17.2 Å². The van der Waals surface area contributed by atoms with Crippen molar-refractivity contribution in [3.8, 4) is 11.5 Å². The number of para-hydroxylation sites is 2. The molecule has 2 rings (SSSR count). The molecule has 0 aliphatic rings. The van der Waals surface area contributed by atoms with Crippen LogP contribution < -0.4 is 9.47 Å². The number of carbonyl (C=O) groups excluding carboxylic acids is 1. The van der Waals surface area contributed by atoms with Crippen LogP contribution in [0.1, 0.15) is 16.2 Å². The summed E-state index contributed by atoms with van der Waals surface area (Å²) in [4.78, 5) is 11.9. The Morgan fingerprint density at radius 1 is 1.33 bits per heavy atom. The van der Waals surface area contributed by atoms with Crippen LogP contribution in [0.4, 0.5) is 0 Å². The highest BCUT2D eigenvalue weighted by Gasteiger charge is 2.19. The van der Waals surface area contributed by atoms with E-state index in [9.17, 15) is 4.79 Å². The molecule has 0 bridgehead atoms. The van der Waals surface area contributed by atoms with Gasteiger partial charge in [0.05, 0.1) is 11.6 Å². The predicted molar refractivity (Wildman–Crippen MR) is 69.0 cm³/mol. The van der Waals surface area contributed by atoms with Crippen molar-refractivity contribution < 1.29 is 14.3 Å². The smallest absolute Gasteiger partial charge is 0.365 e. The van der Waals surface area contributed by atoms with Gasteiger partial charge in [0, 0.05) is 5.69 Å². The molecule has 0 atom stereocenters. The SMILES string of the molecule is COc1ccccc1OC(=O)c1n[nH]c(C)c1Br. The van der Waals surface area contributed by atoms with E-state index in [1.54, 1.807) is 31.2 Å². The maximum absolute atomic E-state index is 11.9. The molecule has 18 heavy (non-hydrogen) atoms. The average Bonchev–Trinajstić information content (AvgIpc) is 2.71. The van der Waals surface area contributed by atoms with E-state index in [1.807, 2.05) is 0 Å². The number of H-pyrrole nitrogens is 1. The van der Waals surface area contributed by atoms with Crippen LogP contribution in [0.3, 0.4) is 0 Å². The third-order valence-corrected chi connectivity index (χ3v) is 3.31. The second-order valence-electron chi connectivity index (χ2n) is 3.55. The lowest BCUT2D eigenvalue weighted by Gasteiger charge is -2.07. The van der Waals surface area contributed by atoms with E-state index >= 15 is 0 Å². The third kappa shape index (κ3) is 2.38. The molecule has 1 heterocycles. The second kappa shape index (κ2) is 5.22. The van der Waals surface area contributed by atoms with Crippen molar-refractivity contribution in [2.24, 2.45) is 0 Å². The molecule has 0 aliphatic heterocycles. The van der Waals surface area contributed by atoms with Crippen LogP contribution in [0, 0.1) is 6.92 Å². The molecule has 0 amide bonds. The molecule has 6 heteroatoms. The van der Waals surface area contributed by atoms with Gasteiger partial charge in [-0.3, -0.25) is 5.10 Å². The van der Waals surface area contributed by atoms with Crippen molar-refractivity contribution in [2.75, 3.05) is 7.11 Å². The second-order valence-corrected chi connectivity index (χ2v) is 4.34. The standard InChI is InChI=1S/C12H11BrN2O3/c1-7-10(13)11(15-14-7)12(16)18-9-6-4-3-5-8(9)17-2/h3-6H,1-2H3,(H,14,15). The molecule has 5 nitrogen and oxygen atoms in total. The highest BCUT2D eigenvalue weighted by molar-refractivity contribution is 9.10. The van der Waals surface area contributed by atoms with Gasteiger partial charge in [0.1, 0.15) is 0 Å². The van der Waals surface area contributed by atoms with Crippen LogP contribution in [-0.2, 0) is 0 Å². The number of aryl methyl sites for hydroxylation is 1. The highest BCUT2D eigenvalue weighted by Crippen LogP contribution is 2.27. The van der Waals surface area contributed by atoms with Crippen LogP contribution >= 0.6 is 15.9 Å². The summed E-state index contributed by atoms with van der Waals surface area (Å²) in [5, 5.41) is 6.58. The van der Waals surface area contributed by atoms with Crippen molar-refractivity contribution in [3.63, 3.8) is 0 Å². The number of nitrogens with one attached hydrogen (secondary N) is 1. The van der Waals surface area contributed by atoms with Gasteiger partial charge in [-0.05, 0) is 35.0 Å². The summed E-state index contributed by atoms with van der Waals surface area (Å²) in [5.74, 6) is 0.308. The molecule has 1 aromatic heterocycles. The summed E-state index contributed by atoms with van der Waals surface area (Å²) in [5.41, 5.74) is 0.973. The number of benzene rings is 1. The Balaban J connectivity index is 2.24. The van der Waals surface area contributed by atoms with E-state index in [0.29, 0.717) is 16.0 Å². The molecular weight excluding hydrogens is 300 g/mol. The summed E-state index contributed by atoms with van der Waals surface area (Å²) in [6.07, 6.45) is 0. The van der Waals surface area contributed by atoms with Crippen LogP contribution in [-0.4, -0.2) is 23.3 Å². The number of hydrogen-bond acceptors (Lipinski definition) is 4. The van der Waals surface area contributed by atoms with Crippen LogP contribution in [0.25, 0.3) is 0 Å². The first kappa shape index (κ1) is 12.6. The Hall–Kier alpha value is -1.82. The molecule has 94 valence electrons. The number of halogens is 1. The Kier molecular flexibility index (Phi) is 3.66. The van der Waals surface area contributed by atoms with Crippen molar-refractivity contribution in [1.29, 1.82) is 0 Å². The average molecular weight is 311 g/mol. The van der Waals surface area contributed by atoms with Crippen LogP contribution in [0.2, 0.25) is 0 Å². The number of aromatic amines is 1. The maximum atomic E-state index is 11.9. The molecule has 0 spiro atoms. The van der Waals surface area contributed by atoms with Gasteiger partial charge < -0.3 is 9.47 Å². The van der Waals surface area contributed by atoms with E-state index in [-0.39, 0.29) is 5.69 Å². The summed E-state index contributed by atoms with van der Waals surface area (Å²) in [6, 6.07) is 6.93. The Labute approximate surface area is 112 Å². The number of rotatable bonds is 3. The van der Waals surface area contributed by atoms with E-state index in [1.165, 1.54) is 7.11 Å². The van der Waals surface area contributed by atoms with Gasteiger partial charge in [-0.1, -0.05) is 12.1 Å². The van der Waals surface area contributed by atoms with Crippen LogP contribution in [0.15, 0.2) is 28.7 Å². The third-order valence-electron chi connectivity index (χ3n) is 2.34. The zero-order valence-electron chi connectivity index (χ0n) is 9.86. The molecule has 0 saturated carbocycles. The van der Waals surface area contributed by atoms with Gasteiger partial charge in [0.2, 0.25) is 0 Å². The Morgan fingerprint density at radius 2 is 2.00 bits per heavy atom. The van der Waals surface area contributed by atoms with Gasteiger partial charge in [-0.2, -0.15) is 5.10 Å². The molecule has 0 radical (unpaired) electrons. The fraction of sp³-hybridized carbons (Fsp3) is 0.167. The summed E-state index contributed by atoms with van der Waals surface area (Å²) < 4.78 is 10.9. The fourth-order valence-electron chi connectivity index (χ4n) is 1.40. The first-order chi connectivity index (χ1) is 8.63. The van der Waals surface area contributed by atoms with Crippen molar-refractivity contribution in [2.45, 2.75) is 6.92 Å². The van der Waals surface area contributed by atoms with Gasteiger partial charge in [-0.25, -0.2) is 4.79 Å². The molecule has 0 unspecified atom stereocenters. The number of methoxy groups -OCH3 is 1. The quantitative estimate of drug-likeness (QED) is 0.699. The lowest BCUT2D eigenvalue weighted by atomic mass is 10.3. The van der Waals surface area contributed by atoms with E-state index < -0.39 is 5.97 Å². The largest absolute Gasteiger partial charge is 0.493 e. The van der Waals surface area contributed by atoms with Gasteiger partial charge in [-0.15, -0.1) is 0 Å². The first-order valence-electron chi connectivity index (χ1n) is 5.19. The number of hydrogen-bond donors (Lipinski definition) is 1. The number of carbonyl (C=O) groups is 1. The molecule has 1 aromatic carbocycles. The minimum atomic E-state index is -0.546. The van der Waals surface area contributed by atoms with Gasteiger partial charge in [0.25, 0.3) is 0 Å². The number of nitrogens with zero attached hydrogens (tertiary/aromatic N) is 1. The molecule has 0 fully saturated rings. The van der Waals surface area contributed by atoms with Gasteiger partial charge >= 0.3 is 5.97 Å². The summed E-state index contributed by atoms with van der Waals surface area (Å²) in [7, 11) is 1.52. The van der Waals surface area contributed by atoms with Crippen molar-refractivity contribution in [1.82, 2.24) is 10.2 Å². The zero-order chi connectivity index (χ0) is 13.1. The highest BCUT2D eigenvalue weighted by atomic mass is 79.9. The molecule has 1 N–H and O–H groups in total. The van der Waals surface area contributed by atoms with Crippen molar-refractivity contribution in [3.05, 3.63) is 40.1 Å². The topological polar surface area (TPSA) is 64.2 Å². The lowest BCUT2D eigenvalue weighted by molar-refractivity contribution is 0.0722. The first-order valence-corrected chi connectivity index (χ1v) is 5.98. The number of aromatic nitrogens is 2. The minimum Gasteiger partial charge on any atom is -0.493 e. The zero-order valence-corrected chi connectivity index (χ0v) is 11.4. The monoisotopic (exact) mass is 310 g/mol. The maximum Gasteiger partial charge on any atom is 0.365 e. The van der Waals surface area contributed by atoms with Crippen LogP contribution in [0.5, 0.6) is 11.5 Å². The summed E-state index contributed by atoms with van der Waals surface area (Å²) in [6.45, 7) is 1.80. The Bertz CT molecular complexity index is 580. The molecular formula is C12H11BrN2O3. The molecule has 0 saturated heterocycles. The number of ether oxygens (including phenoxy) is 2. The van der Waals surface area contributed by atoms with E-state index in [2.05, 4.69) is 26.1 Å². The predicted octanol–water partition coefficient (Wildman–Crippen LogP) is 2.71. The fourth-order valence-corrected chi connectivity index (χ4v) is 1.74. The lowest BCUT2D eigenvalue weighted by Crippen LogP contribution is -2.10. The molecule has 0 aliphatic carbocycles. The van der Waals surface area contributed by atoms with E-state index in [0.717, 1.165) is 5.69 Å². The number of esters is 1. The molecule has 2 aromatic rings. The van der Waals surface area contributed by atoms with E-state index in [4.69, 9.17) is 9.47 Å². The summed E-state index contributed by atoms with van der Waals surface area (Å²) >= 11 is 3.27. The minimum absolute atomic E-state index is 0.207. The normalized spacial score (nSPS) is 10.2. The Morgan fingerprint density at radius 3 is 2.56 bits per heavy atom. The van der Waals surface area contributed by atoms with Crippen molar-refractivity contribution >= 4 is 21.9 Å².